The first-order valence-corrected chi connectivity index (χ1v) is 8.31. The quantitative estimate of drug-likeness (QED) is 0.808. The number of alkyl halides is 3. The molecule has 0 radical (unpaired) electrons. The van der Waals surface area contributed by atoms with Gasteiger partial charge in [-0.3, -0.25) is 4.79 Å². The molecule has 26 heavy (non-hydrogen) atoms. The molecule has 0 aliphatic carbocycles. The van der Waals surface area contributed by atoms with Crippen molar-refractivity contribution in [2.75, 3.05) is 0 Å². The van der Waals surface area contributed by atoms with E-state index in [1.807, 2.05) is 27.7 Å². The van der Waals surface area contributed by atoms with Crippen LogP contribution < -0.4 is 0 Å². The molecule has 142 valence electrons. The predicted molar refractivity (Wildman–Crippen MR) is 90.1 cm³/mol. The number of nitrogens with zero attached hydrogens (tertiary/aromatic N) is 5. The van der Waals surface area contributed by atoms with Crippen LogP contribution in [0.1, 0.15) is 46.2 Å². The van der Waals surface area contributed by atoms with Gasteiger partial charge in [0.15, 0.2) is 0 Å². The van der Waals surface area contributed by atoms with Crippen LogP contribution in [0.5, 0.6) is 0 Å². The molecule has 0 N–H and O–H groups in total. The van der Waals surface area contributed by atoms with Gasteiger partial charge in [-0.1, -0.05) is 12.1 Å². The Hall–Kier alpha value is -2.45. The van der Waals surface area contributed by atoms with Gasteiger partial charge in [0.1, 0.15) is 6.04 Å². The number of benzene rings is 1. The molecule has 1 aromatic carbocycles. The van der Waals surface area contributed by atoms with Crippen molar-refractivity contribution in [2.24, 2.45) is 0 Å². The van der Waals surface area contributed by atoms with Crippen LogP contribution in [-0.2, 0) is 11.0 Å². The Balaban J connectivity index is 2.28. The summed E-state index contributed by atoms with van der Waals surface area (Å²) in [6, 6.07) is 3.97. The van der Waals surface area contributed by atoms with Gasteiger partial charge in [-0.25, -0.2) is 0 Å². The van der Waals surface area contributed by atoms with E-state index in [4.69, 9.17) is 0 Å². The second kappa shape index (κ2) is 7.43. The number of aromatic nitrogens is 4. The lowest BCUT2D eigenvalue weighted by atomic mass is 10.1. The smallest absolute Gasteiger partial charge is 0.336 e. The van der Waals surface area contributed by atoms with Gasteiger partial charge in [-0.2, -0.15) is 18.0 Å². The fourth-order valence-electron chi connectivity index (χ4n) is 2.76. The van der Waals surface area contributed by atoms with E-state index in [1.54, 1.807) is 11.8 Å². The van der Waals surface area contributed by atoms with Crippen LogP contribution in [0.2, 0.25) is 0 Å². The molecule has 0 aliphatic heterocycles. The molecule has 0 spiro atoms. The van der Waals surface area contributed by atoms with E-state index in [-0.39, 0.29) is 29.4 Å². The van der Waals surface area contributed by atoms with Crippen LogP contribution in [0, 0.1) is 0 Å². The first-order chi connectivity index (χ1) is 12.0. The topological polar surface area (TPSA) is 63.9 Å². The molecule has 0 bridgehead atoms. The first-order valence-electron chi connectivity index (χ1n) is 8.31. The summed E-state index contributed by atoms with van der Waals surface area (Å²) in [4.78, 5) is 15.5. The minimum atomic E-state index is -4.45. The average molecular weight is 369 g/mol. The van der Waals surface area contributed by atoms with Crippen LogP contribution in [0.15, 0.2) is 24.3 Å². The van der Waals surface area contributed by atoms with Gasteiger partial charge in [0.25, 0.3) is 0 Å². The van der Waals surface area contributed by atoms with E-state index in [0.29, 0.717) is 0 Å². The van der Waals surface area contributed by atoms with Crippen molar-refractivity contribution in [3.05, 3.63) is 29.8 Å². The molecule has 0 saturated carbocycles. The summed E-state index contributed by atoms with van der Waals surface area (Å²) in [5.74, 6) is -0.139. The Bertz CT molecular complexity index is 762. The Labute approximate surface area is 150 Å². The number of carbonyl (C=O) groups excluding carboxylic acids is 1. The van der Waals surface area contributed by atoms with Crippen molar-refractivity contribution in [3.8, 4) is 11.4 Å². The van der Waals surface area contributed by atoms with E-state index < -0.39 is 17.8 Å². The minimum absolute atomic E-state index is 0.00333. The van der Waals surface area contributed by atoms with E-state index in [9.17, 15) is 18.0 Å². The molecule has 6 nitrogen and oxygen atoms in total. The second-order valence-corrected chi connectivity index (χ2v) is 6.62. The van der Waals surface area contributed by atoms with Crippen LogP contribution in [0.3, 0.4) is 0 Å². The summed E-state index contributed by atoms with van der Waals surface area (Å²) in [5, 5.41) is 11.8. The largest absolute Gasteiger partial charge is 0.416 e. The third-order valence-electron chi connectivity index (χ3n) is 3.95. The number of tetrazole rings is 1. The van der Waals surface area contributed by atoms with Crippen LogP contribution >= 0.6 is 0 Å². The molecule has 0 fully saturated rings. The van der Waals surface area contributed by atoms with E-state index in [2.05, 4.69) is 15.4 Å². The van der Waals surface area contributed by atoms with E-state index in [0.717, 1.165) is 16.9 Å². The lowest BCUT2D eigenvalue weighted by molar-refractivity contribution is -0.139. The lowest BCUT2D eigenvalue weighted by Gasteiger charge is -2.32. The highest BCUT2D eigenvalue weighted by Crippen LogP contribution is 2.31. The highest BCUT2D eigenvalue weighted by Gasteiger charge is 2.31. The molecule has 1 heterocycles. The first kappa shape index (κ1) is 19.9. The Morgan fingerprint density at radius 1 is 1.12 bits per heavy atom. The van der Waals surface area contributed by atoms with Gasteiger partial charge in [0.2, 0.25) is 11.7 Å². The maximum atomic E-state index is 12.9. The highest BCUT2D eigenvalue weighted by atomic mass is 19.4. The monoisotopic (exact) mass is 369 g/mol. The predicted octanol–water partition coefficient (Wildman–Crippen LogP) is 3.57. The molecule has 9 heteroatoms. The van der Waals surface area contributed by atoms with Crippen LogP contribution in [-0.4, -0.2) is 43.1 Å². The van der Waals surface area contributed by atoms with Crippen molar-refractivity contribution in [2.45, 2.75) is 58.9 Å². The fourth-order valence-corrected chi connectivity index (χ4v) is 2.76. The van der Waals surface area contributed by atoms with Crippen molar-refractivity contribution >= 4 is 5.91 Å². The molecule has 0 aliphatic rings. The van der Waals surface area contributed by atoms with Crippen molar-refractivity contribution < 1.29 is 18.0 Å². The summed E-state index contributed by atoms with van der Waals surface area (Å²) in [5.41, 5.74) is -0.600. The van der Waals surface area contributed by atoms with Crippen molar-refractivity contribution in [1.29, 1.82) is 0 Å². The van der Waals surface area contributed by atoms with Gasteiger partial charge in [-0.15, -0.1) is 10.2 Å². The molecule has 2 aromatic rings. The zero-order valence-electron chi connectivity index (χ0n) is 15.3. The normalized spacial score (nSPS) is 13.3. The lowest BCUT2D eigenvalue weighted by Crippen LogP contribution is -2.45. The number of hydrogen-bond acceptors (Lipinski definition) is 4. The summed E-state index contributed by atoms with van der Waals surface area (Å²) >= 11 is 0. The molecule has 1 atom stereocenters. The highest BCUT2D eigenvalue weighted by molar-refractivity contribution is 5.80. The third-order valence-corrected chi connectivity index (χ3v) is 3.95. The number of rotatable bonds is 5. The average Bonchev–Trinajstić information content (AvgIpc) is 3.02. The Kier molecular flexibility index (Phi) is 5.68. The maximum absolute atomic E-state index is 12.9. The second-order valence-electron chi connectivity index (χ2n) is 6.62. The molecule has 0 saturated heterocycles. The van der Waals surface area contributed by atoms with Gasteiger partial charge in [0.05, 0.1) is 5.56 Å². The number of hydrogen-bond donors (Lipinski definition) is 0. The summed E-state index contributed by atoms with van der Waals surface area (Å²) in [6.45, 7) is 9.28. The number of halogens is 3. The van der Waals surface area contributed by atoms with Crippen molar-refractivity contribution in [3.63, 3.8) is 0 Å². The van der Waals surface area contributed by atoms with E-state index >= 15 is 0 Å². The molecule has 1 amide bonds. The summed E-state index contributed by atoms with van der Waals surface area (Å²) in [7, 11) is 0. The van der Waals surface area contributed by atoms with Crippen LogP contribution in [0.4, 0.5) is 13.2 Å². The Morgan fingerprint density at radius 3 is 2.27 bits per heavy atom. The fraction of sp³-hybridized carbons (Fsp3) is 0.529. The third kappa shape index (κ3) is 4.20. The number of amides is 1. The maximum Gasteiger partial charge on any atom is 0.416 e. The zero-order chi connectivity index (χ0) is 19.6. The van der Waals surface area contributed by atoms with E-state index in [1.165, 1.54) is 12.1 Å². The summed E-state index contributed by atoms with van der Waals surface area (Å²) in [6.07, 6.45) is -4.45. The van der Waals surface area contributed by atoms with Gasteiger partial charge < -0.3 is 4.90 Å². The van der Waals surface area contributed by atoms with Gasteiger partial charge in [-0.05, 0) is 52.0 Å². The van der Waals surface area contributed by atoms with Gasteiger partial charge in [0, 0.05) is 17.6 Å². The van der Waals surface area contributed by atoms with Crippen molar-refractivity contribution in [1.82, 2.24) is 25.1 Å². The summed E-state index contributed by atoms with van der Waals surface area (Å²) < 4.78 is 38.6. The molecule has 0 unspecified atom stereocenters. The zero-order valence-corrected chi connectivity index (χ0v) is 15.3. The standard InChI is InChI=1S/C17H22F3N5O/c1-10(2)24(11(3)4)16(26)12(5)25-22-15(21-23-25)13-7-6-8-14(9-13)17(18,19)20/h6-12H,1-5H3/t12-/m0/s1. The Morgan fingerprint density at radius 2 is 1.73 bits per heavy atom. The SMILES string of the molecule is CC(C)N(C(=O)[C@H](C)n1nnc(-c2cccc(C(F)(F)F)c2)n1)C(C)C. The van der Waals surface area contributed by atoms with Gasteiger partial charge >= 0.3 is 6.18 Å². The molecular weight excluding hydrogens is 347 g/mol. The molecule has 1 aromatic heterocycles. The minimum Gasteiger partial charge on any atom is -0.336 e. The molecular formula is C17H22F3N5O. The molecule has 2 rings (SSSR count). The number of carbonyl (C=O) groups is 1. The van der Waals surface area contributed by atoms with Crippen LogP contribution in [0.25, 0.3) is 11.4 Å².